The van der Waals surface area contributed by atoms with Crippen molar-refractivity contribution >= 4 is 32.4 Å². The molecule has 0 unspecified atom stereocenters. The molecule has 0 spiro atoms. The van der Waals surface area contributed by atoms with Crippen molar-refractivity contribution in [3.8, 4) is 0 Å². The van der Waals surface area contributed by atoms with Crippen molar-refractivity contribution in [2.24, 2.45) is 0 Å². The van der Waals surface area contributed by atoms with Crippen LogP contribution in [0.5, 0.6) is 0 Å². The molecular weight excluding hydrogens is 402 g/mol. The summed E-state index contributed by atoms with van der Waals surface area (Å²) in [7, 11) is -1.62. The van der Waals surface area contributed by atoms with E-state index in [0.717, 1.165) is 31.7 Å². The highest BCUT2D eigenvalue weighted by atomic mass is 28.4. The lowest BCUT2D eigenvalue weighted by Gasteiger charge is -2.36. The van der Waals surface area contributed by atoms with E-state index in [1.807, 2.05) is 12.2 Å². The molecule has 1 aromatic carbocycles. The van der Waals surface area contributed by atoms with Gasteiger partial charge in [-0.1, -0.05) is 39.0 Å². The Morgan fingerprint density at radius 2 is 1.65 bits per heavy atom. The van der Waals surface area contributed by atoms with Crippen LogP contribution >= 0.6 is 0 Å². The topological polar surface area (TPSA) is 42.7 Å². The Kier molecular flexibility index (Phi) is 9.32. The Bertz CT molecular complexity index is 831. The normalized spacial score (nSPS) is 12.5. The third-order valence-electron chi connectivity index (χ3n) is 6.19. The molecule has 1 heterocycles. The molecule has 2 rings (SSSR count). The Labute approximate surface area is 189 Å². The molecule has 0 saturated heterocycles. The Morgan fingerprint density at radius 1 is 0.968 bits per heavy atom. The van der Waals surface area contributed by atoms with Gasteiger partial charge in [-0.05, 0) is 80.2 Å². The SMILES string of the molecule is CCN(CCCCCO[Si](C)(C)C(C)(C)C)c1ccc(C=Cc2ccc(C=O)o2)cc1. The fraction of sp³-hybridized carbons (Fsp3) is 0.500. The van der Waals surface area contributed by atoms with Gasteiger partial charge in [-0.15, -0.1) is 0 Å². The summed E-state index contributed by atoms with van der Waals surface area (Å²) in [4.78, 5) is 13.1. The Balaban J connectivity index is 1.77. The van der Waals surface area contributed by atoms with Gasteiger partial charge in [0.25, 0.3) is 0 Å². The standard InChI is InChI=1S/C26H39NO3Si/c1-7-27(19-9-8-10-20-29-31(5,6)26(2,3)4)23-14-11-22(12-15-23)13-16-24-17-18-25(21-28)30-24/h11-18,21H,7-10,19-20H2,1-6H3. The summed E-state index contributed by atoms with van der Waals surface area (Å²) >= 11 is 0. The zero-order valence-corrected chi connectivity index (χ0v) is 21.1. The van der Waals surface area contributed by atoms with Gasteiger partial charge in [-0.3, -0.25) is 4.79 Å². The van der Waals surface area contributed by atoms with Crippen LogP contribution in [0.4, 0.5) is 5.69 Å². The summed E-state index contributed by atoms with van der Waals surface area (Å²) in [6.07, 6.45) is 8.09. The maximum absolute atomic E-state index is 10.7. The van der Waals surface area contributed by atoms with E-state index in [4.69, 9.17) is 8.84 Å². The highest BCUT2D eigenvalue weighted by Gasteiger charge is 2.36. The smallest absolute Gasteiger partial charge is 0.191 e. The van der Waals surface area contributed by atoms with Gasteiger partial charge in [0.05, 0.1) is 0 Å². The fourth-order valence-corrected chi connectivity index (χ4v) is 4.18. The number of anilines is 1. The van der Waals surface area contributed by atoms with Crippen LogP contribution in [0.15, 0.2) is 40.8 Å². The molecule has 31 heavy (non-hydrogen) atoms. The number of carbonyl (C=O) groups is 1. The first-order valence-electron chi connectivity index (χ1n) is 11.4. The third-order valence-corrected chi connectivity index (χ3v) is 10.7. The maximum Gasteiger partial charge on any atom is 0.191 e. The van der Waals surface area contributed by atoms with Crippen molar-refractivity contribution in [1.29, 1.82) is 0 Å². The lowest BCUT2D eigenvalue weighted by atomic mass is 10.1. The second kappa shape index (κ2) is 11.5. The molecule has 2 aromatic rings. The van der Waals surface area contributed by atoms with Crippen LogP contribution < -0.4 is 4.90 Å². The molecule has 0 radical (unpaired) electrons. The van der Waals surface area contributed by atoms with Crippen LogP contribution in [-0.2, 0) is 4.43 Å². The predicted octanol–water partition coefficient (Wildman–Crippen LogP) is 7.28. The molecule has 4 nitrogen and oxygen atoms in total. The molecule has 0 N–H and O–H groups in total. The number of nitrogens with zero attached hydrogens (tertiary/aromatic N) is 1. The first-order valence-corrected chi connectivity index (χ1v) is 14.3. The van der Waals surface area contributed by atoms with E-state index in [1.54, 1.807) is 12.1 Å². The van der Waals surface area contributed by atoms with Crippen LogP contribution in [-0.4, -0.2) is 34.3 Å². The third kappa shape index (κ3) is 7.82. The van der Waals surface area contributed by atoms with Gasteiger partial charge in [0.2, 0.25) is 0 Å². The van der Waals surface area contributed by atoms with E-state index in [-0.39, 0.29) is 5.04 Å². The predicted molar refractivity (Wildman–Crippen MR) is 134 cm³/mol. The number of hydrogen-bond acceptors (Lipinski definition) is 4. The van der Waals surface area contributed by atoms with Gasteiger partial charge < -0.3 is 13.7 Å². The number of furan rings is 1. The van der Waals surface area contributed by atoms with E-state index in [9.17, 15) is 4.79 Å². The molecule has 0 amide bonds. The van der Waals surface area contributed by atoms with Crippen molar-refractivity contribution in [1.82, 2.24) is 0 Å². The maximum atomic E-state index is 10.7. The van der Waals surface area contributed by atoms with E-state index in [1.165, 1.54) is 18.5 Å². The second-order valence-electron chi connectivity index (χ2n) is 9.53. The van der Waals surface area contributed by atoms with E-state index in [0.29, 0.717) is 17.8 Å². The zero-order chi connectivity index (χ0) is 22.9. The quantitative estimate of drug-likeness (QED) is 0.197. The summed E-state index contributed by atoms with van der Waals surface area (Å²) < 4.78 is 11.7. The van der Waals surface area contributed by atoms with Gasteiger partial charge in [0.15, 0.2) is 20.4 Å². The van der Waals surface area contributed by atoms with Gasteiger partial charge in [-0.25, -0.2) is 0 Å². The molecule has 0 fully saturated rings. The van der Waals surface area contributed by atoms with Crippen molar-refractivity contribution < 1.29 is 13.6 Å². The van der Waals surface area contributed by atoms with Crippen molar-refractivity contribution in [2.75, 3.05) is 24.6 Å². The highest BCUT2D eigenvalue weighted by Crippen LogP contribution is 2.36. The summed E-state index contributed by atoms with van der Waals surface area (Å²) in [6, 6.07) is 12.0. The zero-order valence-electron chi connectivity index (χ0n) is 20.1. The van der Waals surface area contributed by atoms with E-state index >= 15 is 0 Å². The first-order chi connectivity index (χ1) is 14.7. The summed E-state index contributed by atoms with van der Waals surface area (Å²) in [5.74, 6) is 1.03. The molecule has 0 aliphatic heterocycles. The second-order valence-corrected chi connectivity index (χ2v) is 14.3. The Morgan fingerprint density at radius 3 is 2.23 bits per heavy atom. The molecule has 1 aromatic heterocycles. The molecule has 0 aliphatic rings. The van der Waals surface area contributed by atoms with E-state index < -0.39 is 8.32 Å². The van der Waals surface area contributed by atoms with Crippen LogP contribution in [0, 0.1) is 0 Å². The monoisotopic (exact) mass is 441 g/mol. The molecule has 0 aliphatic carbocycles. The Hall–Kier alpha value is -2.11. The van der Waals surface area contributed by atoms with Gasteiger partial charge in [-0.2, -0.15) is 0 Å². The number of unbranched alkanes of at least 4 members (excludes halogenated alkanes) is 2. The van der Waals surface area contributed by atoms with Gasteiger partial charge in [0, 0.05) is 25.4 Å². The number of hydrogen-bond donors (Lipinski definition) is 0. The summed E-state index contributed by atoms with van der Waals surface area (Å²) in [5.41, 5.74) is 2.35. The van der Waals surface area contributed by atoms with Crippen LogP contribution in [0.25, 0.3) is 12.2 Å². The minimum atomic E-state index is -1.62. The fourth-order valence-electron chi connectivity index (χ4n) is 3.09. The minimum absolute atomic E-state index is 0.282. The van der Waals surface area contributed by atoms with Crippen molar-refractivity contribution in [3.05, 3.63) is 53.5 Å². The lowest BCUT2D eigenvalue weighted by molar-refractivity contribution is 0.110. The number of aldehydes is 1. The molecule has 0 atom stereocenters. The highest BCUT2D eigenvalue weighted by molar-refractivity contribution is 6.74. The van der Waals surface area contributed by atoms with Crippen LogP contribution in [0.1, 0.15) is 68.8 Å². The molecule has 5 heteroatoms. The molecule has 0 bridgehead atoms. The van der Waals surface area contributed by atoms with Gasteiger partial charge >= 0.3 is 0 Å². The number of benzene rings is 1. The molecular formula is C26H39NO3Si. The van der Waals surface area contributed by atoms with E-state index in [2.05, 4.69) is 70.0 Å². The largest absolute Gasteiger partial charge is 0.454 e. The summed E-state index contributed by atoms with van der Waals surface area (Å²) in [5, 5.41) is 0.282. The minimum Gasteiger partial charge on any atom is -0.454 e. The van der Waals surface area contributed by atoms with Crippen molar-refractivity contribution in [3.63, 3.8) is 0 Å². The van der Waals surface area contributed by atoms with Crippen LogP contribution in [0.2, 0.25) is 18.1 Å². The average Bonchev–Trinajstić information content (AvgIpc) is 3.19. The van der Waals surface area contributed by atoms with Gasteiger partial charge in [0.1, 0.15) is 5.76 Å². The summed E-state index contributed by atoms with van der Waals surface area (Å²) in [6.45, 7) is 16.7. The van der Waals surface area contributed by atoms with Crippen molar-refractivity contribution in [2.45, 2.75) is 65.1 Å². The molecule has 170 valence electrons. The number of carbonyl (C=O) groups excluding carboxylic acids is 1. The number of rotatable bonds is 12. The average molecular weight is 442 g/mol. The van der Waals surface area contributed by atoms with Crippen LogP contribution in [0.3, 0.4) is 0 Å². The molecule has 0 saturated carbocycles. The first kappa shape index (κ1) is 25.2. The lowest BCUT2D eigenvalue weighted by Crippen LogP contribution is -2.40.